The van der Waals surface area contributed by atoms with Gasteiger partial charge < -0.3 is 19.9 Å². The van der Waals surface area contributed by atoms with Gasteiger partial charge in [0.25, 0.3) is 0 Å². The van der Waals surface area contributed by atoms with Crippen LogP contribution < -0.4 is 5.32 Å². The molecule has 1 aromatic heterocycles. The van der Waals surface area contributed by atoms with Gasteiger partial charge in [-0.1, -0.05) is 0 Å². The number of carbonyl (C=O) groups is 1. The Labute approximate surface area is 118 Å². The van der Waals surface area contributed by atoms with Crippen LogP contribution in [0.3, 0.4) is 0 Å². The van der Waals surface area contributed by atoms with Gasteiger partial charge >= 0.3 is 0 Å². The van der Waals surface area contributed by atoms with Crippen molar-refractivity contribution in [2.75, 3.05) is 32.8 Å². The number of nitrogens with one attached hydrogen (secondary N) is 2. The van der Waals surface area contributed by atoms with Crippen LogP contribution in [0.25, 0.3) is 0 Å². The number of ether oxygens (including phenoxy) is 1. The Morgan fingerprint density at radius 3 is 2.95 bits per heavy atom. The number of nitrogens with zero attached hydrogens (tertiary/aromatic N) is 2. The molecular weight excluding hydrogens is 256 g/mol. The lowest BCUT2D eigenvalue weighted by molar-refractivity contribution is -0.133. The first-order chi connectivity index (χ1) is 9.83. The topological polar surface area (TPSA) is 70.2 Å². The van der Waals surface area contributed by atoms with Crippen molar-refractivity contribution >= 4 is 5.91 Å². The number of amides is 1. The van der Waals surface area contributed by atoms with Crippen molar-refractivity contribution in [2.24, 2.45) is 0 Å². The van der Waals surface area contributed by atoms with Gasteiger partial charge in [-0.3, -0.25) is 4.79 Å². The maximum absolute atomic E-state index is 12.3. The average molecular weight is 278 g/mol. The summed E-state index contributed by atoms with van der Waals surface area (Å²) in [5.41, 5.74) is 0. The summed E-state index contributed by atoms with van der Waals surface area (Å²) in [6, 6.07) is 0.180. The second-order valence-corrected chi connectivity index (χ2v) is 5.56. The molecule has 1 amide bonds. The van der Waals surface area contributed by atoms with Crippen molar-refractivity contribution in [3.8, 4) is 0 Å². The predicted molar refractivity (Wildman–Crippen MR) is 74.4 cm³/mol. The zero-order valence-electron chi connectivity index (χ0n) is 11.7. The highest BCUT2D eigenvalue weighted by Gasteiger charge is 2.27. The van der Waals surface area contributed by atoms with E-state index >= 15 is 0 Å². The van der Waals surface area contributed by atoms with Crippen molar-refractivity contribution in [3.63, 3.8) is 0 Å². The van der Waals surface area contributed by atoms with Crippen molar-refractivity contribution in [2.45, 2.75) is 31.2 Å². The quantitative estimate of drug-likeness (QED) is 0.844. The number of morpholine rings is 1. The number of imidazole rings is 1. The lowest BCUT2D eigenvalue weighted by atomic mass is 9.95. The minimum absolute atomic E-state index is 0.180. The minimum Gasteiger partial charge on any atom is -0.378 e. The van der Waals surface area contributed by atoms with E-state index in [0.717, 1.165) is 44.9 Å². The minimum atomic E-state index is 0.180. The van der Waals surface area contributed by atoms with Gasteiger partial charge in [-0.2, -0.15) is 0 Å². The van der Waals surface area contributed by atoms with Crippen LogP contribution in [0.5, 0.6) is 0 Å². The van der Waals surface area contributed by atoms with Gasteiger partial charge in [0.15, 0.2) is 0 Å². The molecule has 6 nitrogen and oxygen atoms in total. The largest absolute Gasteiger partial charge is 0.378 e. The van der Waals surface area contributed by atoms with Crippen LogP contribution in [0, 0.1) is 0 Å². The van der Waals surface area contributed by atoms with Gasteiger partial charge in [-0.05, 0) is 12.8 Å². The molecule has 0 aliphatic carbocycles. The van der Waals surface area contributed by atoms with Crippen LogP contribution in [-0.2, 0) is 9.53 Å². The normalized spacial score (nSPS) is 24.8. The monoisotopic (exact) mass is 278 g/mol. The van der Waals surface area contributed by atoms with Crippen LogP contribution in [0.4, 0.5) is 0 Å². The second-order valence-electron chi connectivity index (χ2n) is 5.56. The first-order valence-electron chi connectivity index (χ1n) is 7.41. The number of rotatable bonds is 3. The van der Waals surface area contributed by atoms with E-state index in [0.29, 0.717) is 18.9 Å². The number of aromatic amines is 1. The fraction of sp³-hybridized carbons (Fsp3) is 0.714. The zero-order chi connectivity index (χ0) is 13.8. The van der Waals surface area contributed by atoms with Gasteiger partial charge in [-0.25, -0.2) is 4.98 Å². The van der Waals surface area contributed by atoms with Gasteiger partial charge in [0.2, 0.25) is 5.91 Å². The standard InChI is InChI=1S/C14H22N4O2/c19-13(9-12-10-20-8-5-15-12)18-6-1-11(2-7-18)14-16-3-4-17-14/h3-4,11-12,15H,1-2,5-10H2,(H,16,17)/t12-/m0/s1. The number of piperidine rings is 1. The predicted octanol–water partition coefficient (Wildman–Crippen LogP) is 0.494. The number of H-pyrrole nitrogens is 1. The summed E-state index contributed by atoms with van der Waals surface area (Å²) in [5.74, 6) is 1.76. The number of likely N-dealkylation sites (tertiary alicyclic amines) is 1. The summed E-state index contributed by atoms with van der Waals surface area (Å²) in [5, 5.41) is 3.33. The lowest BCUT2D eigenvalue weighted by Crippen LogP contribution is -2.46. The fourth-order valence-electron chi connectivity index (χ4n) is 2.99. The Bertz CT molecular complexity index is 420. The van der Waals surface area contributed by atoms with E-state index in [1.165, 1.54) is 0 Å². The molecule has 2 aliphatic rings. The third kappa shape index (κ3) is 3.19. The molecule has 2 aliphatic heterocycles. The molecule has 110 valence electrons. The van der Waals surface area contributed by atoms with Crippen LogP contribution in [0.15, 0.2) is 12.4 Å². The Kier molecular flexibility index (Phi) is 4.32. The number of aromatic nitrogens is 2. The Balaban J connectivity index is 1.46. The lowest BCUT2D eigenvalue weighted by Gasteiger charge is -2.33. The maximum atomic E-state index is 12.3. The molecule has 20 heavy (non-hydrogen) atoms. The molecule has 2 saturated heterocycles. The van der Waals surface area contributed by atoms with Crippen molar-refractivity contribution < 1.29 is 9.53 Å². The second kappa shape index (κ2) is 6.37. The highest BCUT2D eigenvalue weighted by Crippen LogP contribution is 2.25. The number of hydrogen-bond acceptors (Lipinski definition) is 4. The van der Waals surface area contributed by atoms with Crippen molar-refractivity contribution in [3.05, 3.63) is 18.2 Å². The molecule has 0 unspecified atom stereocenters. The van der Waals surface area contributed by atoms with E-state index in [-0.39, 0.29) is 11.9 Å². The molecule has 0 bridgehead atoms. The van der Waals surface area contributed by atoms with Crippen molar-refractivity contribution in [1.82, 2.24) is 20.2 Å². The van der Waals surface area contributed by atoms with Crippen LogP contribution in [-0.4, -0.2) is 59.7 Å². The molecule has 0 saturated carbocycles. The van der Waals surface area contributed by atoms with Gasteiger partial charge in [0.1, 0.15) is 5.82 Å². The van der Waals surface area contributed by atoms with E-state index in [2.05, 4.69) is 15.3 Å². The molecule has 0 radical (unpaired) electrons. The summed E-state index contributed by atoms with van der Waals surface area (Å²) in [4.78, 5) is 21.7. The summed E-state index contributed by atoms with van der Waals surface area (Å²) in [6.07, 6.45) is 6.19. The number of hydrogen-bond donors (Lipinski definition) is 2. The van der Waals surface area contributed by atoms with E-state index < -0.39 is 0 Å². The molecule has 1 aromatic rings. The number of carbonyl (C=O) groups excluding carboxylic acids is 1. The molecule has 0 spiro atoms. The summed E-state index contributed by atoms with van der Waals surface area (Å²) in [6.45, 7) is 3.90. The van der Waals surface area contributed by atoms with Gasteiger partial charge in [0, 0.05) is 50.4 Å². The highest BCUT2D eigenvalue weighted by molar-refractivity contribution is 5.77. The van der Waals surface area contributed by atoms with Crippen molar-refractivity contribution in [1.29, 1.82) is 0 Å². The zero-order valence-corrected chi connectivity index (χ0v) is 11.7. The third-order valence-electron chi connectivity index (χ3n) is 4.17. The fourth-order valence-corrected chi connectivity index (χ4v) is 2.99. The van der Waals surface area contributed by atoms with E-state index in [4.69, 9.17) is 4.74 Å². The maximum Gasteiger partial charge on any atom is 0.224 e. The molecule has 2 fully saturated rings. The molecule has 2 N–H and O–H groups in total. The van der Waals surface area contributed by atoms with Crippen LogP contribution in [0.1, 0.15) is 31.0 Å². The first-order valence-corrected chi connectivity index (χ1v) is 7.41. The van der Waals surface area contributed by atoms with Crippen LogP contribution >= 0.6 is 0 Å². The molecule has 0 aromatic carbocycles. The Morgan fingerprint density at radius 1 is 1.45 bits per heavy atom. The molecule has 6 heteroatoms. The summed E-state index contributed by atoms with van der Waals surface area (Å²) in [7, 11) is 0. The van der Waals surface area contributed by atoms with Gasteiger partial charge in [0.05, 0.1) is 13.2 Å². The molecular formula is C14H22N4O2. The highest BCUT2D eigenvalue weighted by atomic mass is 16.5. The third-order valence-corrected chi connectivity index (χ3v) is 4.17. The SMILES string of the molecule is O=C(C[C@H]1COCCN1)N1CCC(c2ncc[nH]2)CC1. The molecule has 1 atom stereocenters. The first kappa shape index (κ1) is 13.6. The van der Waals surface area contributed by atoms with E-state index in [1.807, 2.05) is 11.1 Å². The van der Waals surface area contributed by atoms with E-state index in [9.17, 15) is 4.79 Å². The molecule has 3 rings (SSSR count). The average Bonchev–Trinajstić information content (AvgIpc) is 3.03. The van der Waals surface area contributed by atoms with E-state index in [1.54, 1.807) is 6.20 Å². The molecule has 3 heterocycles. The Hall–Kier alpha value is -1.40. The van der Waals surface area contributed by atoms with Gasteiger partial charge in [-0.15, -0.1) is 0 Å². The van der Waals surface area contributed by atoms with Crippen LogP contribution in [0.2, 0.25) is 0 Å². The smallest absolute Gasteiger partial charge is 0.224 e. The Morgan fingerprint density at radius 2 is 2.30 bits per heavy atom. The summed E-state index contributed by atoms with van der Waals surface area (Å²) < 4.78 is 5.39. The summed E-state index contributed by atoms with van der Waals surface area (Å²) >= 11 is 0.